The molecule has 2 heterocycles. The maximum Gasteiger partial charge on any atom is 0.178 e. The minimum absolute atomic E-state index is 0.335. The fourth-order valence-electron chi connectivity index (χ4n) is 2.71. The topological polar surface area (TPSA) is 29.9 Å². The van der Waals surface area contributed by atoms with Gasteiger partial charge in [0.15, 0.2) is 4.77 Å². The molecule has 0 saturated carbocycles. The van der Waals surface area contributed by atoms with Crippen LogP contribution in [0.2, 0.25) is 0 Å². The highest BCUT2D eigenvalue weighted by Gasteiger charge is 2.25. The Bertz CT molecular complexity index is 628. The van der Waals surface area contributed by atoms with Gasteiger partial charge in [0.25, 0.3) is 0 Å². The molecule has 0 aliphatic carbocycles. The summed E-state index contributed by atoms with van der Waals surface area (Å²) in [5.74, 6) is 0.567. The predicted octanol–water partition coefficient (Wildman–Crippen LogP) is 3.43. The quantitative estimate of drug-likeness (QED) is 0.840. The summed E-state index contributed by atoms with van der Waals surface area (Å²) >= 11 is 5.44. The van der Waals surface area contributed by atoms with Crippen LogP contribution in [0.1, 0.15) is 18.9 Å². The maximum atomic E-state index is 5.63. The van der Waals surface area contributed by atoms with Crippen LogP contribution in [-0.4, -0.2) is 22.3 Å². The summed E-state index contributed by atoms with van der Waals surface area (Å²) in [6.07, 6.45) is 1.46. The standard InChI is InChI=1S/C14H18N2OS/c1-9-3-4-13-12(7-9)15-14(18)16(13)8-11-5-6-17-10(11)2/h3-4,7,10-11H,5-6,8H2,1-2H3,(H,15,18). The van der Waals surface area contributed by atoms with E-state index in [0.29, 0.717) is 12.0 Å². The van der Waals surface area contributed by atoms with Crippen LogP contribution in [0.15, 0.2) is 18.2 Å². The van der Waals surface area contributed by atoms with Crippen molar-refractivity contribution in [1.82, 2.24) is 9.55 Å². The Kier molecular flexibility index (Phi) is 2.99. The van der Waals surface area contributed by atoms with Crippen LogP contribution in [0.5, 0.6) is 0 Å². The molecule has 2 atom stereocenters. The molecule has 3 rings (SSSR count). The summed E-state index contributed by atoms with van der Waals surface area (Å²) in [5.41, 5.74) is 3.58. The normalized spacial score (nSPS) is 23.9. The largest absolute Gasteiger partial charge is 0.378 e. The van der Waals surface area contributed by atoms with Gasteiger partial charge in [-0.1, -0.05) is 6.07 Å². The lowest BCUT2D eigenvalue weighted by Crippen LogP contribution is -2.17. The Hall–Kier alpha value is -1.13. The molecule has 1 saturated heterocycles. The van der Waals surface area contributed by atoms with Crippen molar-refractivity contribution in [1.29, 1.82) is 0 Å². The monoisotopic (exact) mass is 262 g/mol. The van der Waals surface area contributed by atoms with Gasteiger partial charge in [-0.3, -0.25) is 0 Å². The van der Waals surface area contributed by atoms with E-state index in [0.717, 1.165) is 29.9 Å². The molecule has 2 aromatic rings. The van der Waals surface area contributed by atoms with Crippen molar-refractivity contribution >= 4 is 23.3 Å². The molecule has 1 aliphatic heterocycles. The van der Waals surface area contributed by atoms with Gasteiger partial charge >= 0.3 is 0 Å². The SMILES string of the molecule is Cc1ccc2c(c1)[nH]c(=S)n2CC1CCOC1C. The van der Waals surface area contributed by atoms with Crippen molar-refractivity contribution in [3.63, 3.8) is 0 Å². The van der Waals surface area contributed by atoms with Crippen LogP contribution in [0, 0.1) is 17.6 Å². The van der Waals surface area contributed by atoms with Crippen molar-refractivity contribution < 1.29 is 4.74 Å². The summed E-state index contributed by atoms with van der Waals surface area (Å²) in [5, 5.41) is 0. The fourth-order valence-corrected chi connectivity index (χ4v) is 2.99. The van der Waals surface area contributed by atoms with E-state index in [1.165, 1.54) is 11.1 Å². The predicted molar refractivity (Wildman–Crippen MR) is 75.4 cm³/mol. The summed E-state index contributed by atoms with van der Waals surface area (Å²) in [4.78, 5) is 3.29. The molecule has 0 radical (unpaired) electrons. The highest BCUT2D eigenvalue weighted by Crippen LogP contribution is 2.25. The van der Waals surface area contributed by atoms with E-state index in [9.17, 15) is 0 Å². The van der Waals surface area contributed by atoms with Gasteiger partial charge in [-0.05, 0) is 50.2 Å². The van der Waals surface area contributed by atoms with Crippen molar-refractivity contribution in [2.75, 3.05) is 6.61 Å². The zero-order valence-corrected chi connectivity index (χ0v) is 11.6. The van der Waals surface area contributed by atoms with Crippen LogP contribution in [-0.2, 0) is 11.3 Å². The van der Waals surface area contributed by atoms with E-state index < -0.39 is 0 Å². The van der Waals surface area contributed by atoms with Gasteiger partial charge in [-0.15, -0.1) is 0 Å². The first kappa shape index (κ1) is 11.9. The molecule has 96 valence electrons. The van der Waals surface area contributed by atoms with Crippen LogP contribution >= 0.6 is 12.2 Å². The summed E-state index contributed by atoms with van der Waals surface area (Å²) in [7, 11) is 0. The number of rotatable bonds is 2. The molecular formula is C14H18N2OS. The fraction of sp³-hybridized carbons (Fsp3) is 0.500. The Morgan fingerprint density at radius 1 is 1.50 bits per heavy atom. The molecule has 1 N–H and O–H groups in total. The zero-order valence-electron chi connectivity index (χ0n) is 10.8. The molecule has 1 aliphatic rings. The molecule has 0 bridgehead atoms. The van der Waals surface area contributed by atoms with Crippen LogP contribution in [0.4, 0.5) is 0 Å². The number of ether oxygens (including phenoxy) is 1. The van der Waals surface area contributed by atoms with Crippen molar-refractivity contribution in [2.24, 2.45) is 5.92 Å². The lowest BCUT2D eigenvalue weighted by molar-refractivity contribution is 0.102. The smallest absolute Gasteiger partial charge is 0.178 e. The van der Waals surface area contributed by atoms with Gasteiger partial charge in [0, 0.05) is 19.1 Å². The number of H-pyrrole nitrogens is 1. The molecule has 1 aromatic heterocycles. The van der Waals surface area contributed by atoms with Gasteiger partial charge in [0.05, 0.1) is 17.1 Å². The summed E-state index contributed by atoms with van der Waals surface area (Å²) < 4.78 is 8.65. The molecule has 0 amide bonds. The van der Waals surface area contributed by atoms with Crippen LogP contribution in [0.3, 0.4) is 0 Å². The first-order chi connectivity index (χ1) is 8.65. The number of hydrogen-bond donors (Lipinski definition) is 1. The van der Waals surface area contributed by atoms with Crippen LogP contribution in [0.25, 0.3) is 11.0 Å². The Balaban J connectivity index is 2.01. The molecular weight excluding hydrogens is 244 g/mol. The third-order valence-electron chi connectivity index (χ3n) is 3.88. The van der Waals surface area contributed by atoms with Gasteiger partial charge < -0.3 is 14.3 Å². The van der Waals surface area contributed by atoms with Gasteiger partial charge in [0.1, 0.15) is 0 Å². The number of hydrogen-bond acceptors (Lipinski definition) is 2. The maximum absolute atomic E-state index is 5.63. The van der Waals surface area contributed by atoms with Crippen molar-refractivity contribution in [3.8, 4) is 0 Å². The van der Waals surface area contributed by atoms with E-state index >= 15 is 0 Å². The second-order valence-corrected chi connectivity index (χ2v) is 5.57. The Morgan fingerprint density at radius 2 is 2.33 bits per heavy atom. The highest BCUT2D eigenvalue weighted by atomic mass is 32.1. The van der Waals surface area contributed by atoms with E-state index in [2.05, 4.69) is 41.6 Å². The molecule has 18 heavy (non-hydrogen) atoms. The molecule has 3 nitrogen and oxygen atoms in total. The van der Waals surface area contributed by atoms with Gasteiger partial charge in [-0.25, -0.2) is 0 Å². The zero-order chi connectivity index (χ0) is 12.7. The van der Waals surface area contributed by atoms with Crippen molar-refractivity contribution in [3.05, 3.63) is 28.5 Å². The minimum Gasteiger partial charge on any atom is -0.378 e. The number of fused-ring (bicyclic) bond motifs is 1. The third kappa shape index (κ3) is 1.99. The summed E-state index contributed by atoms with van der Waals surface area (Å²) in [6.45, 7) is 6.07. The molecule has 4 heteroatoms. The van der Waals surface area contributed by atoms with Gasteiger partial charge in [-0.2, -0.15) is 0 Å². The third-order valence-corrected chi connectivity index (χ3v) is 4.20. The number of nitrogens with zero attached hydrogens (tertiary/aromatic N) is 1. The molecule has 1 aromatic carbocycles. The van der Waals surface area contributed by atoms with E-state index in [4.69, 9.17) is 17.0 Å². The molecule has 2 unspecified atom stereocenters. The lowest BCUT2D eigenvalue weighted by Gasteiger charge is -2.15. The average Bonchev–Trinajstić information content (AvgIpc) is 2.85. The number of aromatic nitrogens is 2. The van der Waals surface area contributed by atoms with E-state index in [1.54, 1.807) is 0 Å². The van der Waals surface area contributed by atoms with E-state index in [1.807, 2.05) is 0 Å². The second kappa shape index (κ2) is 4.52. The first-order valence-electron chi connectivity index (χ1n) is 6.46. The highest BCUT2D eigenvalue weighted by molar-refractivity contribution is 7.71. The van der Waals surface area contributed by atoms with Crippen LogP contribution < -0.4 is 0 Å². The minimum atomic E-state index is 0.335. The molecule has 1 fully saturated rings. The average molecular weight is 262 g/mol. The number of benzene rings is 1. The van der Waals surface area contributed by atoms with Gasteiger partial charge in [0.2, 0.25) is 0 Å². The second-order valence-electron chi connectivity index (χ2n) is 5.19. The number of imidazole rings is 1. The number of nitrogens with one attached hydrogen (secondary N) is 1. The van der Waals surface area contributed by atoms with E-state index in [-0.39, 0.29) is 0 Å². The Labute approximate surface area is 112 Å². The molecule has 0 spiro atoms. The lowest BCUT2D eigenvalue weighted by atomic mass is 10.0. The Morgan fingerprint density at radius 3 is 3.06 bits per heavy atom. The first-order valence-corrected chi connectivity index (χ1v) is 6.87. The van der Waals surface area contributed by atoms with Crippen molar-refractivity contribution in [2.45, 2.75) is 32.9 Å². The summed E-state index contributed by atoms with van der Waals surface area (Å²) in [6, 6.07) is 6.43. The number of aryl methyl sites for hydroxylation is 1. The number of aromatic amines is 1.